The van der Waals surface area contributed by atoms with Gasteiger partial charge in [0.15, 0.2) is 0 Å². The molecule has 1 N–H and O–H groups in total. The first-order chi connectivity index (χ1) is 8.28. The van der Waals surface area contributed by atoms with Crippen LogP contribution in [0.15, 0.2) is 24.5 Å². The number of ether oxygens (including phenoxy) is 1. The lowest BCUT2D eigenvalue weighted by Crippen LogP contribution is -2.34. The number of halogens is 1. The molecule has 5 heteroatoms. The van der Waals surface area contributed by atoms with Crippen LogP contribution in [0.2, 0.25) is 0 Å². The first-order valence-corrected chi connectivity index (χ1v) is 6.23. The minimum atomic E-state index is -0.110. The highest BCUT2D eigenvalue weighted by atomic mass is 35.5. The molecular weight excluding hydrogens is 240 g/mol. The van der Waals surface area contributed by atoms with Crippen molar-refractivity contribution < 1.29 is 9.53 Å². The van der Waals surface area contributed by atoms with Crippen molar-refractivity contribution in [2.45, 2.75) is 31.4 Å². The normalized spacial score (nSPS) is 23.4. The van der Waals surface area contributed by atoms with Crippen molar-refractivity contribution in [1.82, 2.24) is 10.3 Å². The van der Waals surface area contributed by atoms with Crippen molar-refractivity contribution in [2.24, 2.45) is 0 Å². The summed E-state index contributed by atoms with van der Waals surface area (Å²) >= 11 is 5.45. The number of aromatic nitrogens is 1. The third kappa shape index (κ3) is 3.60. The molecule has 92 valence electrons. The Hall–Kier alpha value is -1.29. The van der Waals surface area contributed by atoms with Crippen molar-refractivity contribution in [2.75, 3.05) is 5.88 Å². The average molecular weight is 255 g/mol. The van der Waals surface area contributed by atoms with Gasteiger partial charge in [-0.15, -0.1) is 11.6 Å². The monoisotopic (exact) mass is 254 g/mol. The Morgan fingerprint density at radius 1 is 1.47 bits per heavy atom. The Kier molecular flexibility index (Phi) is 4.20. The largest absolute Gasteiger partial charge is 0.490 e. The summed E-state index contributed by atoms with van der Waals surface area (Å²) in [6.07, 6.45) is 6.31. The summed E-state index contributed by atoms with van der Waals surface area (Å²) in [6, 6.07) is 3.86. The van der Waals surface area contributed by atoms with Gasteiger partial charge in [0.25, 0.3) is 0 Å². The van der Waals surface area contributed by atoms with E-state index in [1.165, 1.54) is 0 Å². The number of carbonyl (C=O) groups excluding carboxylic acids is 1. The first-order valence-electron chi connectivity index (χ1n) is 5.70. The summed E-state index contributed by atoms with van der Waals surface area (Å²) in [5.41, 5.74) is 0. The molecule has 0 saturated heterocycles. The van der Waals surface area contributed by atoms with E-state index < -0.39 is 0 Å². The molecule has 0 spiro atoms. The van der Waals surface area contributed by atoms with Gasteiger partial charge in [-0.2, -0.15) is 0 Å². The van der Waals surface area contributed by atoms with E-state index in [9.17, 15) is 4.79 Å². The van der Waals surface area contributed by atoms with E-state index in [1.807, 2.05) is 12.1 Å². The van der Waals surface area contributed by atoms with Crippen LogP contribution in [-0.4, -0.2) is 28.9 Å². The summed E-state index contributed by atoms with van der Waals surface area (Å²) < 4.78 is 5.80. The lowest BCUT2D eigenvalue weighted by molar-refractivity contribution is -0.119. The standard InChI is InChI=1S/C12H15ClN2O2/c13-8-12(16)15-9-1-2-11(7-9)17-10-3-5-14-6-4-10/h3-6,9,11H,1-2,7-8H2,(H,15,16). The number of pyridine rings is 1. The van der Waals surface area contributed by atoms with Gasteiger partial charge in [0.05, 0.1) is 0 Å². The Morgan fingerprint density at radius 3 is 2.94 bits per heavy atom. The Balaban J connectivity index is 1.80. The van der Waals surface area contributed by atoms with Gasteiger partial charge in [-0.1, -0.05) is 0 Å². The maximum atomic E-state index is 11.1. The molecule has 17 heavy (non-hydrogen) atoms. The maximum Gasteiger partial charge on any atom is 0.235 e. The van der Waals surface area contributed by atoms with Crippen LogP contribution in [-0.2, 0) is 4.79 Å². The van der Waals surface area contributed by atoms with E-state index in [0.717, 1.165) is 25.0 Å². The van der Waals surface area contributed by atoms with Crippen LogP contribution in [0.5, 0.6) is 5.75 Å². The highest BCUT2D eigenvalue weighted by molar-refractivity contribution is 6.27. The van der Waals surface area contributed by atoms with Gasteiger partial charge in [0.2, 0.25) is 5.91 Å². The SMILES string of the molecule is O=C(CCl)NC1CCC(Oc2ccncc2)C1. The fourth-order valence-corrected chi connectivity index (χ4v) is 2.13. The predicted molar refractivity (Wildman–Crippen MR) is 65.2 cm³/mol. The van der Waals surface area contributed by atoms with Crippen LogP contribution >= 0.6 is 11.6 Å². The molecule has 2 rings (SSSR count). The van der Waals surface area contributed by atoms with Crippen LogP contribution in [0, 0.1) is 0 Å². The third-order valence-electron chi connectivity index (χ3n) is 2.82. The number of carbonyl (C=O) groups is 1. The molecule has 0 aromatic carbocycles. The third-order valence-corrected chi connectivity index (χ3v) is 3.07. The number of hydrogen-bond acceptors (Lipinski definition) is 3. The van der Waals surface area contributed by atoms with E-state index >= 15 is 0 Å². The lowest BCUT2D eigenvalue weighted by Gasteiger charge is -2.14. The minimum absolute atomic E-state index is 0.0202. The van der Waals surface area contributed by atoms with Gasteiger partial charge in [0, 0.05) is 24.9 Å². The van der Waals surface area contributed by atoms with Crippen molar-refractivity contribution in [3.63, 3.8) is 0 Å². The highest BCUT2D eigenvalue weighted by Gasteiger charge is 2.26. The maximum absolute atomic E-state index is 11.1. The topological polar surface area (TPSA) is 51.2 Å². The molecular formula is C12H15ClN2O2. The number of nitrogens with zero attached hydrogens (tertiary/aromatic N) is 1. The number of rotatable bonds is 4. The van der Waals surface area contributed by atoms with E-state index in [2.05, 4.69) is 10.3 Å². The molecule has 1 aliphatic carbocycles. The zero-order chi connectivity index (χ0) is 12.1. The Morgan fingerprint density at radius 2 is 2.24 bits per heavy atom. The smallest absolute Gasteiger partial charge is 0.235 e. The summed E-state index contributed by atoms with van der Waals surface area (Å²) in [7, 11) is 0. The summed E-state index contributed by atoms with van der Waals surface area (Å²) in [4.78, 5) is 15.1. The fourth-order valence-electron chi connectivity index (χ4n) is 2.05. The van der Waals surface area contributed by atoms with Crippen LogP contribution in [0.4, 0.5) is 0 Å². The molecule has 4 nitrogen and oxygen atoms in total. The molecule has 1 amide bonds. The highest BCUT2D eigenvalue weighted by Crippen LogP contribution is 2.24. The second kappa shape index (κ2) is 5.87. The van der Waals surface area contributed by atoms with E-state index in [0.29, 0.717) is 0 Å². The zero-order valence-corrected chi connectivity index (χ0v) is 10.2. The van der Waals surface area contributed by atoms with Crippen LogP contribution in [0.25, 0.3) is 0 Å². The second-order valence-electron chi connectivity index (χ2n) is 4.13. The summed E-state index contributed by atoms with van der Waals surface area (Å²) in [5.74, 6) is 0.738. The van der Waals surface area contributed by atoms with Crippen LogP contribution < -0.4 is 10.1 Å². The van der Waals surface area contributed by atoms with Gasteiger partial charge >= 0.3 is 0 Å². The Labute approximate surface area is 105 Å². The summed E-state index contributed by atoms with van der Waals surface area (Å²) in [5, 5.41) is 2.88. The molecule has 0 bridgehead atoms. The fraction of sp³-hybridized carbons (Fsp3) is 0.500. The van der Waals surface area contributed by atoms with Crippen molar-refractivity contribution in [3.05, 3.63) is 24.5 Å². The molecule has 1 aromatic heterocycles. The molecule has 1 aromatic rings. The van der Waals surface area contributed by atoms with Crippen molar-refractivity contribution in [3.8, 4) is 5.75 Å². The number of hydrogen-bond donors (Lipinski definition) is 1. The van der Waals surface area contributed by atoms with E-state index in [-0.39, 0.29) is 23.9 Å². The minimum Gasteiger partial charge on any atom is -0.490 e. The number of amides is 1. The van der Waals surface area contributed by atoms with Crippen molar-refractivity contribution in [1.29, 1.82) is 0 Å². The second-order valence-corrected chi connectivity index (χ2v) is 4.40. The van der Waals surface area contributed by atoms with Crippen molar-refractivity contribution >= 4 is 17.5 Å². The van der Waals surface area contributed by atoms with Gasteiger partial charge in [-0.3, -0.25) is 9.78 Å². The zero-order valence-electron chi connectivity index (χ0n) is 9.43. The lowest BCUT2D eigenvalue weighted by atomic mass is 10.2. The molecule has 1 heterocycles. The molecule has 1 saturated carbocycles. The van der Waals surface area contributed by atoms with Gasteiger partial charge in [0.1, 0.15) is 17.7 Å². The quantitative estimate of drug-likeness (QED) is 0.833. The number of nitrogens with one attached hydrogen (secondary N) is 1. The van der Waals surface area contributed by atoms with E-state index in [4.69, 9.17) is 16.3 Å². The number of alkyl halides is 1. The van der Waals surface area contributed by atoms with Gasteiger partial charge in [-0.05, 0) is 25.0 Å². The molecule has 0 radical (unpaired) electrons. The average Bonchev–Trinajstić information content (AvgIpc) is 2.77. The van der Waals surface area contributed by atoms with Gasteiger partial charge in [-0.25, -0.2) is 0 Å². The molecule has 0 aliphatic heterocycles. The summed E-state index contributed by atoms with van der Waals surface area (Å²) in [6.45, 7) is 0. The predicted octanol–water partition coefficient (Wildman–Crippen LogP) is 1.74. The Bertz CT molecular complexity index is 372. The molecule has 2 atom stereocenters. The van der Waals surface area contributed by atoms with E-state index in [1.54, 1.807) is 12.4 Å². The molecule has 1 aliphatic rings. The van der Waals surface area contributed by atoms with Crippen LogP contribution in [0.1, 0.15) is 19.3 Å². The molecule has 1 fully saturated rings. The molecule has 2 unspecified atom stereocenters. The first kappa shape index (κ1) is 12.2. The van der Waals surface area contributed by atoms with Crippen LogP contribution in [0.3, 0.4) is 0 Å². The van der Waals surface area contributed by atoms with Gasteiger partial charge < -0.3 is 10.1 Å².